The number of sulfonamides is 1. The normalized spacial score (nSPS) is 11.5. The number of halogens is 1. The van der Waals surface area contributed by atoms with E-state index in [9.17, 15) is 28.6 Å². The molecule has 12 heteroatoms. The molecule has 0 heterocycles. The van der Waals surface area contributed by atoms with Crippen LogP contribution in [0.3, 0.4) is 0 Å². The lowest BCUT2D eigenvalue weighted by atomic mass is 10.1. The summed E-state index contributed by atoms with van der Waals surface area (Å²) in [7, 11) is -2.31. The Hall–Kier alpha value is -2.76. The molecule has 0 aromatic heterocycles. The van der Waals surface area contributed by atoms with Crippen LogP contribution in [0.25, 0.3) is 0 Å². The molecule has 0 aliphatic carbocycles. The second kappa shape index (κ2) is 9.37. The Morgan fingerprint density at radius 2 is 1.63 bits per heavy atom. The first-order valence-corrected chi connectivity index (χ1v) is 10.8. The van der Waals surface area contributed by atoms with Gasteiger partial charge in [-0.3, -0.25) is 20.2 Å². The van der Waals surface area contributed by atoms with Crippen molar-refractivity contribution in [1.29, 1.82) is 0 Å². The third kappa shape index (κ3) is 4.86. The van der Waals surface area contributed by atoms with Crippen LogP contribution in [-0.4, -0.2) is 42.7 Å². The van der Waals surface area contributed by atoms with Crippen molar-refractivity contribution in [3.63, 3.8) is 0 Å². The highest BCUT2D eigenvalue weighted by Crippen LogP contribution is 2.33. The van der Waals surface area contributed by atoms with Crippen LogP contribution in [0.2, 0.25) is 5.02 Å². The van der Waals surface area contributed by atoms with Gasteiger partial charge in [0.15, 0.2) is 0 Å². The van der Waals surface area contributed by atoms with Crippen LogP contribution in [0, 0.1) is 20.2 Å². The highest BCUT2D eigenvalue weighted by Gasteiger charge is 2.27. The Balaban J connectivity index is 2.46. The van der Waals surface area contributed by atoms with Crippen molar-refractivity contribution in [2.24, 2.45) is 0 Å². The van der Waals surface area contributed by atoms with Crippen LogP contribution in [0.5, 0.6) is 0 Å². The molecule has 0 atom stereocenters. The topological polar surface area (TPSA) is 127 Å². The smallest absolute Gasteiger partial charge is 0.293 e. The number of rotatable bonds is 9. The average molecular weight is 457 g/mol. The van der Waals surface area contributed by atoms with E-state index in [0.29, 0.717) is 5.56 Å². The molecule has 0 spiro atoms. The van der Waals surface area contributed by atoms with Gasteiger partial charge in [-0.25, -0.2) is 8.42 Å². The lowest BCUT2D eigenvalue weighted by Gasteiger charge is -2.22. The highest BCUT2D eigenvalue weighted by atomic mass is 35.5. The van der Waals surface area contributed by atoms with Gasteiger partial charge in [-0.2, -0.15) is 4.31 Å². The lowest BCUT2D eigenvalue weighted by Crippen LogP contribution is -2.30. The van der Waals surface area contributed by atoms with Gasteiger partial charge in [0, 0.05) is 49.9 Å². The predicted molar refractivity (Wildman–Crippen MR) is 113 cm³/mol. The van der Waals surface area contributed by atoms with Gasteiger partial charge in [-0.1, -0.05) is 25.4 Å². The second-order valence-corrected chi connectivity index (χ2v) is 8.73. The minimum atomic E-state index is -3.87. The van der Waals surface area contributed by atoms with E-state index in [1.165, 1.54) is 39.5 Å². The summed E-state index contributed by atoms with van der Waals surface area (Å²) in [4.78, 5) is 22.7. The minimum Gasteiger partial charge on any atom is -0.365 e. The minimum absolute atomic E-state index is 0.0451. The maximum atomic E-state index is 12.7. The molecular weight excluding hydrogens is 436 g/mol. The molecule has 0 bridgehead atoms. The number of nitro benzene ring substituents is 2. The van der Waals surface area contributed by atoms with E-state index >= 15 is 0 Å². The van der Waals surface area contributed by atoms with E-state index in [4.69, 9.17) is 11.6 Å². The predicted octanol–water partition coefficient (Wildman–Crippen LogP) is 3.82. The van der Waals surface area contributed by atoms with E-state index in [0.717, 1.165) is 6.07 Å². The first-order chi connectivity index (χ1) is 14.0. The Labute approximate surface area is 179 Å². The zero-order chi connectivity index (χ0) is 22.6. The van der Waals surface area contributed by atoms with E-state index in [1.54, 1.807) is 20.9 Å². The first-order valence-electron chi connectivity index (χ1n) is 8.95. The Bertz CT molecular complexity index is 1070. The second-order valence-electron chi connectivity index (χ2n) is 6.39. The van der Waals surface area contributed by atoms with Gasteiger partial charge in [0.05, 0.1) is 14.7 Å². The quantitative estimate of drug-likeness (QED) is 0.414. The van der Waals surface area contributed by atoms with Crippen LogP contribution in [0.15, 0.2) is 41.3 Å². The largest absolute Gasteiger partial charge is 0.365 e. The summed E-state index contributed by atoms with van der Waals surface area (Å²) in [5, 5.41) is 22.9. The number of nitrogens with zero attached hydrogens (tertiary/aromatic N) is 4. The van der Waals surface area contributed by atoms with Gasteiger partial charge in [0.2, 0.25) is 10.0 Å². The van der Waals surface area contributed by atoms with E-state index in [2.05, 4.69) is 0 Å². The van der Waals surface area contributed by atoms with Crippen molar-refractivity contribution < 1.29 is 18.3 Å². The molecule has 0 aliphatic rings. The SMILES string of the molecule is CCN(CC)S(=O)(=O)c1ccc(N(C)Cc2cc([N+](=O)[O-])ccc2Cl)c([N+](=O)[O-])c1. The molecule has 0 amide bonds. The third-order valence-electron chi connectivity index (χ3n) is 4.55. The molecule has 30 heavy (non-hydrogen) atoms. The fourth-order valence-corrected chi connectivity index (χ4v) is 4.64. The number of hydrogen-bond acceptors (Lipinski definition) is 7. The van der Waals surface area contributed by atoms with Crippen molar-refractivity contribution in [2.75, 3.05) is 25.0 Å². The molecule has 2 aromatic rings. The Morgan fingerprint density at radius 1 is 1.00 bits per heavy atom. The average Bonchev–Trinajstić information content (AvgIpc) is 2.69. The number of anilines is 1. The maximum Gasteiger partial charge on any atom is 0.293 e. The summed E-state index contributed by atoms with van der Waals surface area (Å²) in [6, 6.07) is 7.62. The first kappa shape index (κ1) is 23.5. The lowest BCUT2D eigenvalue weighted by molar-refractivity contribution is -0.384. The Morgan fingerprint density at radius 3 is 2.17 bits per heavy atom. The van der Waals surface area contributed by atoms with E-state index < -0.39 is 25.6 Å². The zero-order valence-corrected chi connectivity index (χ0v) is 18.2. The van der Waals surface area contributed by atoms with Crippen molar-refractivity contribution in [3.05, 3.63) is 67.2 Å². The molecule has 162 valence electrons. The Kier molecular flexibility index (Phi) is 7.34. The van der Waals surface area contributed by atoms with E-state index in [1.807, 2.05) is 0 Å². The molecule has 0 unspecified atom stereocenters. The van der Waals surface area contributed by atoms with Crippen molar-refractivity contribution in [1.82, 2.24) is 4.31 Å². The number of benzene rings is 2. The third-order valence-corrected chi connectivity index (χ3v) is 6.96. The zero-order valence-electron chi connectivity index (χ0n) is 16.6. The van der Waals surface area contributed by atoms with Crippen LogP contribution in [0.4, 0.5) is 17.1 Å². The summed E-state index contributed by atoms with van der Waals surface area (Å²) >= 11 is 6.12. The molecule has 10 nitrogen and oxygen atoms in total. The molecule has 2 aromatic carbocycles. The van der Waals surface area contributed by atoms with Gasteiger partial charge in [0.1, 0.15) is 5.69 Å². The van der Waals surface area contributed by atoms with Gasteiger partial charge < -0.3 is 4.90 Å². The molecule has 0 fully saturated rings. The number of hydrogen-bond donors (Lipinski definition) is 0. The van der Waals surface area contributed by atoms with Gasteiger partial charge in [-0.15, -0.1) is 0 Å². The summed E-state index contributed by atoms with van der Waals surface area (Å²) < 4.78 is 26.6. The summed E-state index contributed by atoms with van der Waals surface area (Å²) in [5.41, 5.74) is 0.00817. The molecule has 0 saturated heterocycles. The van der Waals surface area contributed by atoms with E-state index in [-0.39, 0.29) is 40.9 Å². The van der Waals surface area contributed by atoms with Gasteiger partial charge in [0.25, 0.3) is 11.4 Å². The molecule has 0 aliphatic heterocycles. The molecule has 0 radical (unpaired) electrons. The number of nitro groups is 2. The molecule has 2 rings (SSSR count). The highest BCUT2D eigenvalue weighted by molar-refractivity contribution is 7.89. The standard InChI is InChI=1S/C18H21ClN4O6S/c1-4-21(5-2)30(28,29)15-7-9-17(18(11-15)23(26)27)20(3)12-13-10-14(22(24)25)6-8-16(13)19/h6-11H,4-5,12H2,1-3H3. The maximum absolute atomic E-state index is 12.7. The van der Waals surface area contributed by atoms with Gasteiger partial charge in [-0.05, 0) is 23.8 Å². The fourth-order valence-electron chi connectivity index (χ4n) is 2.98. The fraction of sp³-hybridized carbons (Fsp3) is 0.333. The summed E-state index contributed by atoms with van der Waals surface area (Å²) in [5.74, 6) is 0. The monoisotopic (exact) mass is 456 g/mol. The van der Waals surface area contributed by atoms with Crippen LogP contribution in [-0.2, 0) is 16.6 Å². The van der Waals surface area contributed by atoms with Crippen LogP contribution >= 0.6 is 11.6 Å². The van der Waals surface area contributed by atoms with Crippen molar-refractivity contribution in [2.45, 2.75) is 25.3 Å². The van der Waals surface area contributed by atoms with Crippen molar-refractivity contribution >= 4 is 38.7 Å². The molecule has 0 saturated carbocycles. The van der Waals surface area contributed by atoms with Crippen LogP contribution < -0.4 is 4.90 Å². The number of non-ortho nitro benzene ring substituents is 1. The summed E-state index contributed by atoms with van der Waals surface area (Å²) in [6.07, 6.45) is 0. The summed E-state index contributed by atoms with van der Waals surface area (Å²) in [6.45, 7) is 3.88. The molecule has 0 N–H and O–H groups in total. The molecular formula is C18H21ClN4O6S. The van der Waals surface area contributed by atoms with Crippen molar-refractivity contribution in [3.8, 4) is 0 Å². The van der Waals surface area contributed by atoms with Crippen LogP contribution in [0.1, 0.15) is 19.4 Å². The van der Waals surface area contributed by atoms with Gasteiger partial charge >= 0.3 is 0 Å².